The summed E-state index contributed by atoms with van der Waals surface area (Å²) in [6, 6.07) is 10.7. The van der Waals surface area contributed by atoms with Crippen LogP contribution in [0.15, 0.2) is 53.6 Å². The van der Waals surface area contributed by atoms with Gasteiger partial charge >= 0.3 is 12.1 Å². The highest BCUT2D eigenvalue weighted by Crippen LogP contribution is 2.48. The fourth-order valence-electron chi connectivity index (χ4n) is 3.29. The van der Waals surface area contributed by atoms with Crippen molar-refractivity contribution >= 4 is 41.3 Å². The standard InChI is InChI=1S/C22H19ClF3N3O4/c1-2-33-21(32)18-16(19(30)28-15-5-3-4-13(10-15)22(24,25)26)17(18)20(31)29-27-11-12-6-8-14(23)9-7-12/h3-11,16-18H,2H2,1H3,(H,28,30)(H,29,31). The van der Waals surface area contributed by atoms with Gasteiger partial charge in [0.15, 0.2) is 0 Å². The second-order valence-corrected chi connectivity index (χ2v) is 7.62. The first-order chi connectivity index (χ1) is 15.6. The molecule has 0 saturated heterocycles. The number of hydrogen-bond acceptors (Lipinski definition) is 5. The highest BCUT2D eigenvalue weighted by molar-refractivity contribution is 6.30. The number of ether oxygens (including phenoxy) is 1. The monoisotopic (exact) mass is 481 g/mol. The van der Waals surface area contributed by atoms with E-state index in [-0.39, 0.29) is 12.3 Å². The summed E-state index contributed by atoms with van der Waals surface area (Å²) in [7, 11) is 0. The maximum atomic E-state index is 12.9. The molecule has 0 aromatic heterocycles. The SMILES string of the molecule is CCOC(=O)C1C(C(=O)NN=Cc2ccc(Cl)cc2)C1C(=O)Nc1cccc(C(F)(F)F)c1. The predicted molar refractivity (Wildman–Crippen MR) is 114 cm³/mol. The Balaban J connectivity index is 1.69. The highest BCUT2D eigenvalue weighted by atomic mass is 35.5. The van der Waals surface area contributed by atoms with E-state index in [0.29, 0.717) is 10.6 Å². The van der Waals surface area contributed by atoms with Crippen LogP contribution in [0.25, 0.3) is 0 Å². The van der Waals surface area contributed by atoms with Crippen LogP contribution in [0.2, 0.25) is 5.02 Å². The molecule has 3 unspecified atom stereocenters. The normalized spacial score (nSPS) is 19.7. The molecular weight excluding hydrogens is 463 g/mol. The third-order valence-corrected chi connectivity index (χ3v) is 5.15. The number of rotatable bonds is 7. The summed E-state index contributed by atoms with van der Waals surface area (Å²) in [5.41, 5.74) is 1.87. The van der Waals surface area contributed by atoms with Gasteiger partial charge in [-0.3, -0.25) is 14.4 Å². The number of esters is 1. The molecule has 1 aliphatic carbocycles. The molecular formula is C22H19ClF3N3O4. The van der Waals surface area contributed by atoms with Gasteiger partial charge in [0.1, 0.15) is 0 Å². The van der Waals surface area contributed by atoms with Crippen molar-refractivity contribution in [1.82, 2.24) is 5.43 Å². The van der Waals surface area contributed by atoms with Gasteiger partial charge < -0.3 is 10.1 Å². The molecule has 0 spiro atoms. The highest BCUT2D eigenvalue weighted by Gasteiger charge is 2.63. The number of alkyl halides is 3. The summed E-state index contributed by atoms with van der Waals surface area (Å²) in [4.78, 5) is 37.4. The Morgan fingerprint density at radius 3 is 2.36 bits per heavy atom. The Kier molecular flexibility index (Phi) is 7.37. The Morgan fingerprint density at radius 2 is 1.73 bits per heavy atom. The van der Waals surface area contributed by atoms with Crippen LogP contribution in [0, 0.1) is 17.8 Å². The molecule has 3 atom stereocenters. The van der Waals surface area contributed by atoms with Gasteiger partial charge in [0, 0.05) is 10.7 Å². The molecule has 2 aromatic carbocycles. The zero-order valence-electron chi connectivity index (χ0n) is 17.2. The number of halogens is 4. The molecule has 3 rings (SSSR count). The minimum atomic E-state index is -4.59. The smallest absolute Gasteiger partial charge is 0.416 e. The van der Waals surface area contributed by atoms with E-state index in [2.05, 4.69) is 15.8 Å². The largest absolute Gasteiger partial charge is 0.466 e. The van der Waals surface area contributed by atoms with Gasteiger partial charge in [-0.2, -0.15) is 18.3 Å². The van der Waals surface area contributed by atoms with Crippen molar-refractivity contribution in [2.75, 3.05) is 11.9 Å². The molecule has 7 nitrogen and oxygen atoms in total. The van der Waals surface area contributed by atoms with Crippen LogP contribution in [0.3, 0.4) is 0 Å². The third kappa shape index (κ3) is 6.10. The second kappa shape index (κ2) is 10.0. The number of carbonyl (C=O) groups is 3. The number of anilines is 1. The Hall–Kier alpha value is -3.40. The molecule has 2 aromatic rings. The fourth-order valence-corrected chi connectivity index (χ4v) is 3.41. The third-order valence-electron chi connectivity index (χ3n) is 4.90. The van der Waals surface area contributed by atoms with Crippen LogP contribution in [-0.4, -0.2) is 30.6 Å². The number of nitrogens with zero attached hydrogens (tertiary/aromatic N) is 1. The number of carbonyl (C=O) groups excluding carboxylic acids is 3. The Bertz CT molecular complexity index is 1070. The number of hydrazone groups is 1. The van der Waals surface area contributed by atoms with Crippen molar-refractivity contribution in [3.8, 4) is 0 Å². The van der Waals surface area contributed by atoms with Crippen LogP contribution in [-0.2, 0) is 25.3 Å². The molecule has 0 radical (unpaired) electrons. The number of hydrogen-bond donors (Lipinski definition) is 2. The number of benzene rings is 2. The van der Waals surface area contributed by atoms with E-state index in [1.54, 1.807) is 31.2 Å². The number of nitrogens with one attached hydrogen (secondary N) is 2. The van der Waals surface area contributed by atoms with Crippen LogP contribution < -0.4 is 10.7 Å². The molecule has 1 aliphatic rings. The van der Waals surface area contributed by atoms with Crippen LogP contribution >= 0.6 is 11.6 Å². The molecule has 2 amide bonds. The zero-order chi connectivity index (χ0) is 24.2. The van der Waals surface area contributed by atoms with Gasteiger partial charge in [-0.15, -0.1) is 0 Å². The van der Waals surface area contributed by atoms with Crippen molar-refractivity contribution in [1.29, 1.82) is 0 Å². The van der Waals surface area contributed by atoms with E-state index < -0.39 is 47.3 Å². The predicted octanol–water partition coefficient (Wildman–Crippen LogP) is 3.87. The van der Waals surface area contributed by atoms with Crippen LogP contribution in [0.4, 0.5) is 18.9 Å². The molecule has 0 aliphatic heterocycles. The minimum absolute atomic E-state index is 0.0420. The maximum absolute atomic E-state index is 12.9. The summed E-state index contributed by atoms with van der Waals surface area (Å²) in [5, 5.41) is 6.68. The number of amides is 2. The lowest BCUT2D eigenvalue weighted by Gasteiger charge is -2.10. The van der Waals surface area contributed by atoms with Crippen molar-refractivity contribution in [2.45, 2.75) is 13.1 Å². The molecule has 33 heavy (non-hydrogen) atoms. The van der Waals surface area contributed by atoms with E-state index in [4.69, 9.17) is 16.3 Å². The van der Waals surface area contributed by atoms with Gasteiger partial charge in [-0.05, 0) is 42.8 Å². The lowest BCUT2D eigenvalue weighted by atomic mass is 10.2. The Labute approximate surface area is 191 Å². The van der Waals surface area contributed by atoms with Crippen molar-refractivity contribution < 1.29 is 32.3 Å². The average molecular weight is 482 g/mol. The van der Waals surface area contributed by atoms with E-state index in [9.17, 15) is 27.6 Å². The molecule has 11 heteroatoms. The van der Waals surface area contributed by atoms with Gasteiger partial charge in [0.25, 0.3) is 0 Å². The summed E-state index contributed by atoms with van der Waals surface area (Å²) in [6.45, 7) is 1.61. The summed E-state index contributed by atoms with van der Waals surface area (Å²) in [6.07, 6.45) is -3.23. The summed E-state index contributed by atoms with van der Waals surface area (Å²) >= 11 is 5.80. The van der Waals surface area contributed by atoms with Crippen LogP contribution in [0.1, 0.15) is 18.1 Å². The van der Waals surface area contributed by atoms with E-state index >= 15 is 0 Å². The van der Waals surface area contributed by atoms with Crippen LogP contribution in [0.5, 0.6) is 0 Å². The van der Waals surface area contributed by atoms with Gasteiger partial charge in [-0.25, -0.2) is 5.43 Å². The molecule has 2 N–H and O–H groups in total. The Morgan fingerprint density at radius 1 is 1.06 bits per heavy atom. The first kappa shape index (κ1) is 24.2. The lowest BCUT2D eigenvalue weighted by Crippen LogP contribution is -2.24. The summed E-state index contributed by atoms with van der Waals surface area (Å²) < 4.78 is 43.7. The molecule has 1 fully saturated rings. The molecule has 0 heterocycles. The molecule has 174 valence electrons. The first-order valence-electron chi connectivity index (χ1n) is 9.85. The van der Waals surface area contributed by atoms with E-state index in [1.165, 1.54) is 12.3 Å². The second-order valence-electron chi connectivity index (χ2n) is 7.18. The fraction of sp³-hybridized carbons (Fsp3) is 0.273. The zero-order valence-corrected chi connectivity index (χ0v) is 18.0. The molecule has 0 bridgehead atoms. The minimum Gasteiger partial charge on any atom is -0.466 e. The quantitative estimate of drug-likeness (QED) is 0.356. The van der Waals surface area contributed by atoms with Crippen molar-refractivity contribution in [2.24, 2.45) is 22.9 Å². The summed E-state index contributed by atoms with van der Waals surface area (Å²) in [5.74, 6) is -5.46. The maximum Gasteiger partial charge on any atom is 0.416 e. The lowest BCUT2D eigenvalue weighted by molar-refractivity contribution is -0.146. The first-order valence-corrected chi connectivity index (χ1v) is 10.2. The van der Waals surface area contributed by atoms with Gasteiger partial charge in [0.05, 0.1) is 36.1 Å². The molecule has 1 saturated carbocycles. The average Bonchev–Trinajstić information content (AvgIpc) is 3.51. The van der Waals surface area contributed by atoms with E-state index in [1.807, 2.05) is 0 Å². The van der Waals surface area contributed by atoms with Crippen molar-refractivity contribution in [3.05, 3.63) is 64.7 Å². The van der Waals surface area contributed by atoms with E-state index in [0.717, 1.165) is 18.2 Å². The van der Waals surface area contributed by atoms with Gasteiger partial charge in [0.2, 0.25) is 11.8 Å². The van der Waals surface area contributed by atoms with Crippen molar-refractivity contribution in [3.63, 3.8) is 0 Å². The topological polar surface area (TPSA) is 96.9 Å². The van der Waals surface area contributed by atoms with Gasteiger partial charge in [-0.1, -0.05) is 29.8 Å².